The van der Waals surface area contributed by atoms with E-state index in [1.807, 2.05) is 0 Å². The first kappa shape index (κ1) is 18.8. The predicted octanol–water partition coefficient (Wildman–Crippen LogP) is 0.0530. The molecule has 3 N–H and O–H groups in total. The van der Waals surface area contributed by atoms with Gasteiger partial charge in [-0.3, -0.25) is 14.3 Å². The maximum atomic E-state index is 12.0. The Morgan fingerprint density at radius 1 is 1.32 bits per heavy atom. The largest absolute Gasteiger partial charge is 0.394 e. The van der Waals surface area contributed by atoms with E-state index in [-0.39, 0.29) is 13.2 Å². The van der Waals surface area contributed by atoms with Crippen molar-refractivity contribution in [2.24, 2.45) is 0 Å². The van der Waals surface area contributed by atoms with Crippen LogP contribution in [0.5, 0.6) is 0 Å². The Bertz CT molecular complexity index is 603. The number of H-pyrrole nitrogens is 1. The summed E-state index contributed by atoms with van der Waals surface area (Å²) in [7, 11) is -1.22. The zero-order chi connectivity index (χ0) is 16.9. The summed E-state index contributed by atoms with van der Waals surface area (Å²) in [4.78, 5) is 25.9. The molecule has 22 heavy (non-hydrogen) atoms. The van der Waals surface area contributed by atoms with Gasteiger partial charge in [-0.25, -0.2) is 4.79 Å². The zero-order valence-electron chi connectivity index (χ0n) is 13.7. The third kappa shape index (κ3) is 5.52. The number of nitrogens with one attached hydrogen (secondary N) is 1. The number of hydrogen-bond donors (Lipinski definition) is 3. The predicted molar refractivity (Wildman–Crippen MR) is 87.0 cm³/mol. The van der Waals surface area contributed by atoms with E-state index >= 15 is 0 Å². The number of hydrogen-bond acceptors (Lipinski definition) is 5. The lowest BCUT2D eigenvalue weighted by atomic mass is 10.1. The monoisotopic (exact) mass is 330 g/mol. The number of aliphatic hydroxyl groups excluding tert-OH is 2. The quantitative estimate of drug-likeness (QED) is 0.461. The Morgan fingerprint density at radius 3 is 2.50 bits per heavy atom. The van der Waals surface area contributed by atoms with Crippen molar-refractivity contribution in [3.8, 4) is 0 Å². The number of aliphatic hydroxyl groups is 2. The van der Waals surface area contributed by atoms with Gasteiger partial charge in [0.2, 0.25) is 0 Å². The molecule has 1 atom stereocenters. The minimum absolute atomic E-state index is 0.0222. The summed E-state index contributed by atoms with van der Waals surface area (Å²) in [6.07, 6.45) is -0.994. The zero-order valence-corrected chi connectivity index (χ0v) is 14.7. The average molecular weight is 330 g/mol. The van der Waals surface area contributed by atoms with Crippen molar-refractivity contribution >= 4 is 8.07 Å². The highest BCUT2D eigenvalue weighted by atomic mass is 28.3. The molecule has 1 aromatic heterocycles. The van der Waals surface area contributed by atoms with E-state index < -0.39 is 32.0 Å². The van der Waals surface area contributed by atoms with E-state index in [9.17, 15) is 14.7 Å². The number of ether oxygens (including phenoxy) is 1. The van der Waals surface area contributed by atoms with Gasteiger partial charge >= 0.3 is 5.69 Å². The van der Waals surface area contributed by atoms with E-state index in [1.54, 1.807) is 6.92 Å². The van der Waals surface area contributed by atoms with E-state index in [1.165, 1.54) is 4.57 Å². The SMILES string of the molecule is Cc1c(CC(O)CO)n(COCC[Si](C)(C)C)c(=O)[nH]c1=O. The molecular weight excluding hydrogens is 304 g/mol. The second kappa shape index (κ2) is 7.86. The molecule has 0 bridgehead atoms. The maximum Gasteiger partial charge on any atom is 0.330 e. The molecule has 0 saturated heterocycles. The molecule has 0 aromatic carbocycles. The van der Waals surface area contributed by atoms with Gasteiger partial charge in [0.15, 0.2) is 0 Å². The lowest BCUT2D eigenvalue weighted by Gasteiger charge is -2.18. The standard InChI is InChI=1S/C14H26N2O5Si/c1-10-12(7-11(18)8-17)16(14(20)15-13(10)19)9-21-5-6-22(2,3)4/h11,17-18H,5-9H2,1-4H3,(H,15,19,20). The Balaban J connectivity index is 2.95. The van der Waals surface area contributed by atoms with Gasteiger partial charge in [0.25, 0.3) is 5.56 Å². The summed E-state index contributed by atoms with van der Waals surface area (Å²) in [5.74, 6) is 0. The first-order valence-corrected chi connectivity index (χ1v) is 11.1. The highest BCUT2D eigenvalue weighted by molar-refractivity contribution is 6.76. The third-order valence-electron chi connectivity index (χ3n) is 3.42. The van der Waals surface area contributed by atoms with Crippen molar-refractivity contribution in [3.63, 3.8) is 0 Å². The van der Waals surface area contributed by atoms with Crippen LogP contribution < -0.4 is 11.2 Å². The smallest absolute Gasteiger partial charge is 0.330 e. The molecule has 0 aliphatic rings. The summed E-state index contributed by atoms with van der Waals surface area (Å²) in [6, 6.07) is 0.971. The molecule has 0 saturated carbocycles. The van der Waals surface area contributed by atoms with Crippen LogP contribution in [0.4, 0.5) is 0 Å². The summed E-state index contributed by atoms with van der Waals surface area (Å²) in [5, 5.41) is 18.6. The third-order valence-corrected chi connectivity index (χ3v) is 5.13. The van der Waals surface area contributed by atoms with Crippen LogP contribution in [0, 0.1) is 6.92 Å². The van der Waals surface area contributed by atoms with Gasteiger partial charge in [-0.15, -0.1) is 0 Å². The molecule has 1 aromatic rings. The fourth-order valence-corrected chi connectivity index (χ4v) is 2.69. The van der Waals surface area contributed by atoms with Crippen LogP contribution in [-0.4, -0.2) is 47.2 Å². The van der Waals surface area contributed by atoms with Gasteiger partial charge in [-0.05, 0) is 13.0 Å². The molecule has 0 aliphatic carbocycles. The lowest BCUT2D eigenvalue weighted by molar-refractivity contribution is 0.0721. The molecular formula is C14H26N2O5Si. The van der Waals surface area contributed by atoms with Crippen LogP contribution in [0.2, 0.25) is 25.7 Å². The molecule has 0 radical (unpaired) electrons. The minimum atomic E-state index is -1.22. The number of rotatable bonds is 8. The Labute approximate surface area is 130 Å². The minimum Gasteiger partial charge on any atom is -0.394 e. The number of aromatic amines is 1. The summed E-state index contributed by atoms with van der Waals surface area (Å²) in [5.41, 5.74) is -0.309. The van der Waals surface area contributed by atoms with Gasteiger partial charge < -0.3 is 14.9 Å². The van der Waals surface area contributed by atoms with Crippen LogP contribution in [0.25, 0.3) is 0 Å². The number of nitrogens with zero attached hydrogens (tertiary/aromatic N) is 1. The van der Waals surface area contributed by atoms with Gasteiger partial charge in [-0.2, -0.15) is 0 Å². The Morgan fingerprint density at radius 2 is 1.95 bits per heavy atom. The molecule has 0 fully saturated rings. The van der Waals surface area contributed by atoms with E-state index in [0.717, 1.165) is 6.04 Å². The van der Waals surface area contributed by atoms with Crippen molar-refractivity contribution in [2.75, 3.05) is 13.2 Å². The van der Waals surface area contributed by atoms with Crippen molar-refractivity contribution in [3.05, 3.63) is 32.1 Å². The Hall–Kier alpha value is -1.22. The maximum absolute atomic E-state index is 12.0. The van der Waals surface area contributed by atoms with Gasteiger partial charge in [0.05, 0.1) is 12.7 Å². The summed E-state index contributed by atoms with van der Waals surface area (Å²) in [6.45, 7) is 8.41. The normalized spacial score (nSPS) is 13.4. The molecule has 126 valence electrons. The van der Waals surface area contributed by atoms with Crippen molar-refractivity contribution in [2.45, 2.75) is 51.9 Å². The van der Waals surface area contributed by atoms with E-state index in [4.69, 9.17) is 9.84 Å². The molecule has 1 rings (SSSR count). The van der Waals surface area contributed by atoms with Crippen molar-refractivity contribution < 1.29 is 14.9 Å². The van der Waals surface area contributed by atoms with Gasteiger partial charge in [0, 0.05) is 32.4 Å². The van der Waals surface area contributed by atoms with Crippen LogP contribution in [0.15, 0.2) is 9.59 Å². The Kier molecular flexibility index (Phi) is 6.73. The van der Waals surface area contributed by atoms with Crippen LogP contribution in [-0.2, 0) is 17.9 Å². The van der Waals surface area contributed by atoms with Gasteiger partial charge in [0.1, 0.15) is 6.73 Å². The van der Waals surface area contributed by atoms with Crippen LogP contribution in [0.3, 0.4) is 0 Å². The molecule has 1 heterocycles. The second-order valence-electron chi connectivity index (χ2n) is 6.65. The molecule has 7 nitrogen and oxygen atoms in total. The highest BCUT2D eigenvalue weighted by Gasteiger charge is 2.16. The van der Waals surface area contributed by atoms with Gasteiger partial charge in [-0.1, -0.05) is 19.6 Å². The lowest BCUT2D eigenvalue weighted by Crippen LogP contribution is -2.37. The second-order valence-corrected chi connectivity index (χ2v) is 12.3. The summed E-state index contributed by atoms with van der Waals surface area (Å²) >= 11 is 0. The number of aromatic nitrogens is 2. The topological polar surface area (TPSA) is 105 Å². The van der Waals surface area contributed by atoms with Crippen molar-refractivity contribution in [1.82, 2.24) is 9.55 Å². The van der Waals surface area contributed by atoms with Crippen LogP contribution >= 0.6 is 0 Å². The molecule has 1 unspecified atom stereocenters. The van der Waals surface area contributed by atoms with E-state index in [0.29, 0.717) is 17.9 Å². The molecule has 8 heteroatoms. The van der Waals surface area contributed by atoms with E-state index in [2.05, 4.69) is 24.6 Å². The molecule has 0 spiro atoms. The molecule has 0 amide bonds. The highest BCUT2D eigenvalue weighted by Crippen LogP contribution is 2.09. The molecule has 0 aliphatic heterocycles. The summed E-state index contributed by atoms with van der Waals surface area (Å²) < 4.78 is 6.86. The first-order valence-electron chi connectivity index (χ1n) is 7.35. The van der Waals surface area contributed by atoms with Crippen LogP contribution in [0.1, 0.15) is 11.3 Å². The average Bonchev–Trinajstić information content (AvgIpc) is 2.41. The van der Waals surface area contributed by atoms with Crippen molar-refractivity contribution in [1.29, 1.82) is 0 Å². The fraction of sp³-hybridized carbons (Fsp3) is 0.714. The first-order chi connectivity index (χ1) is 10.2. The fourth-order valence-electron chi connectivity index (χ4n) is 1.94.